The summed E-state index contributed by atoms with van der Waals surface area (Å²) in [5, 5.41) is 11.7. The normalized spacial score (nSPS) is 25.3. The Morgan fingerprint density at radius 1 is 1.33 bits per heavy atom. The maximum absolute atomic E-state index is 12.3. The molecule has 1 heterocycles. The molecule has 0 radical (unpaired) electrons. The van der Waals surface area contributed by atoms with E-state index in [9.17, 15) is 18.0 Å². The fourth-order valence-electron chi connectivity index (χ4n) is 2.78. The van der Waals surface area contributed by atoms with Gasteiger partial charge in [0.25, 0.3) is 0 Å². The van der Waals surface area contributed by atoms with Crippen LogP contribution in [-0.4, -0.2) is 55.1 Å². The summed E-state index contributed by atoms with van der Waals surface area (Å²) in [5.74, 6) is -1.28. The molecule has 0 spiro atoms. The lowest BCUT2D eigenvalue weighted by Crippen LogP contribution is -2.48. The van der Waals surface area contributed by atoms with Crippen molar-refractivity contribution in [3.05, 3.63) is 0 Å². The van der Waals surface area contributed by atoms with Gasteiger partial charge in [0.15, 0.2) is 0 Å². The van der Waals surface area contributed by atoms with E-state index >= 15 is 0 Å². The van der Waals surface area contributed by atoms with Crippen LogP contribution in [0.4, 0.5) is 0 Å². The third-order valence-corrected chi connectivity index (χ3v) is 5.41. The predicted octanol–water partition coefficient (Wildman–Crippen LogP) is 0.0275. The molecule has 0 aromatic heterocycles. The number of carboxylic acids is 1. The summed E-state index contributed by atoms with van der Waals surface area (Å²) in [5.41, 5.74) is 0. The van der Waals surface area contributed by atoms with Gasteiger partial charge >= 0.3 is 5.97 Å². The van der Waals surface area contributed by atoms with Crippen LogP contribution in [0.3, 0.4) is 0 Å². The van der Waals surface area contributed by atoms with Crippen LogP contribution in [-0.2, 0) is 19.6 Å². The van der Waals surface area contributed by atoms with Crippen molar-refractivity contribution >= 4 is 21.9 Å². The van der Waals surface area contributed by atoms with Gasteiger partial charge in [-0.3, -0.25) is 9.59 Å². The molecule has 2 atom stereocenters. The van der Waals surface area contributed by atoms with Crippen LogP contribution < -0.4 is 5.32 Å². The molecule has 1 amide bonds. The highest BCUT2D eigenvalue weighted by molar-refractivity contribution is 7.88. The number of aliphatic carboxylic acids is 1. The minimum absolute atomic E-state index is 0.0705. The monoisotopic (exact) mass is 318 g/mol. The SMILES string of the molecule is CS(=O)(=O)N1CCCC(C(=O)NC(CC(=O)O)C2CC2)C1. The molecule has 1 aliphatic heterocycles. The number of carboxylic acid groups (broad SMARTS) is 1. The molecule has 0 bridgehead atoms. The third kappa shape index (κ3) is 4.67. The Morgan fingerprint density at radius 3 is 2.52 bits per heavy atom. The molecule has 2 unspecified atom stereocenters. The average molecular weight is 318 g/mol. The second-order valence-electron chi connectivity index (χ2n) is 6.01. The fraction of sp³-hybridized carbons (Fsp3) is 0.846. The summed E-state index contributed by atoms with van der Waals surface area (Å²) in [4.78, 5) is 23.1. The molecule has 8 heteroatoms. The molecular weight excluding hydrogens is 296 g/mol. The first-order chi connectivity index (χ1) is 9.77. The van der Waals surface area contributed by atoms with Gasteiger partial charge in [-0.25, -0.2) is 12.7 Å². The number of nitrogens with one attached hydrogen (secondary N) is 1. The minimum Gasteiger partial charge on any atom is -0.481 e. The lowest BCUT2D eigenvalue weighted by atomic mass is 9.97. The highest BCUT2D eigenvalue weighted by atomic mass is 32.2. The molecule has 0 aromatic carbocycles. The molecule has 21 heavy (non-hydrogen) atoms. The average Bonchev–Trinajstić information content (AvgIpc) is 3.20. The van der Waals surface area contributed by atoms with Crippen LogP contribution in [0.1, 0.15) is 32.1 Å². The standard InChI is InChI=1S/C13H22N2O5S/c1-21(19,20)15-6-2-3-10(8-15)13(18)14-11(7-12(16)17)9-4-5-9/h9-11H,2-8H2,1H3,(H,14,18)(H,16,17). The van der Waals surface area contributed by atoms with E-state index in [-0.39, 0.29) is 36.8 Å². The molecule has 7 nitrogen and oxygen atoms in total. The zero-order chi connectivity index (χ0) is 15.6. The highest BCUT2D eigenvalue weighted by Gasteiger charge is 2.36. The number of carbonyl (C=O) groups excluding carboxylic acids is 1. The maximum atomic E-state index is 12.3. The van der Waals surface area contributed by atoms with Gasteiger partial charge in [-0.2, -0.15) is 0 Å². The van der Waals surface area contributed by atoms with Crippen molar-refractivity contribution < 1.29 is 23.1 Å². The molecule has 2 aliphatic rings. The van der Waals surface area contributed by atoms with Gasteiger partial charge < -0.3 is 10.4 Å². The largest absolute Gasteiger partial charge is 0.481 e. The van der Waals surface area contributed by atoms with E-state index in [4.69, 9.17) is 5.11 Å². The molecule has 1 saturated heterocycles. The predicted molar refractivity (Wildman–Crippen MR) is 76.0 cm³/mol. The van der Waals surface area contributed by atoms with Crippen molar-refractivity contribution in [2.24, 2.45) is 11.8 Å². The van der Waals surface area contributed by atoms with Crippen LogP contribution in [0, 0.1) is 11.8 Å². The smallest absolute Gasteiger partial charge is 0.305 e. The first-order valence-electron chi connectivity index (χ1n) is 7.24. The van der Waals surface area contributed by atoms with E-state index in [0.29, 0.717) is 19.4 Å². The van der Waals surface area contributed by atoms with E-state index in [1.807, 2.05) is 0 Å². The van der Waals surface area contributed by atoms with Crippen molar-refractivity contribution in [1.82, 2.24) is 9.62 Å². The number of rotatable bonds is 6. The van der Waals surface area contributed by atoms with Crippen LogP contribution in [0.15, 0.2) is 0 Å². The number of hydrogen-bond donors (Lipinski definition) is 2. The van der Waals surface area contributed by atoms with Gasteiger partial charge in [-0.1, -0.05) is 0 Å². The Balaban J connectivity index is 1.94. The zero-order valence-corrected chi connectivity index (χ0v) is 12.9. The first-order valence-corrected chi connectivity index (χ1v) is 9.09. The third-order valence-electron chi connectivity index (χ3n) is 4.14. The summed E-state index contributed by atoms with van der Waals surface area (Å²) in [7, 11) is -3.28. The fourth-order valence-corrected chi connectivity index (χ4v) is 3.69. The number of carbonyl (C=O) groups is 2. The van der Waals surface area contributed by atoms with Gasteiger partial charge in [0, 0.05) is 19.1 Å². The first kappa shape index (κ1) is 16.2. The van der Waals surface area contributed by atoms with Gasteiger partial charge in [0.05, 0.1) is 18.6 Å². The number of sulfonamides is 1. The second kappa shape index (κ2) is 6.31. The summed E-state index contributed by atoms with van der Waals surface area (Å²) in [6.45, 7) is 0.638. The Hall–Kier alpha value is -1.15. The number of nitrogens with zero attached hydrogens (tertiary/aromatic N) is 1. The van der Waals surface area contributed by atoms with Crippen molar-refractivity contribution in [1.29, 1.82) is 0 Å². The lowest BCUT2D eigenvalue weighted by Gasteiger charge is -2.31. The van der Waals surface area contributed by atoms with E-state index in [0.717, 1.165) is 19.1 Å². The van der Waals surface area contributed by atoms with Crippen molar-refractivity contribution in [3.8, 4) is 0 Å². The number of hydrogen-bond acceptors (Lipinski definition) is 4. The van der Waals surface area contributed by atoms with E-state index in [1.54, 1.807) is 0 Å². The Bertz CT molecular complexity index is 515. The van der Waals surface area contributed by atoms with E-state index < -0.39 is 16.0 Å². The molecule has 1 aliphatic carbocycles. The lowest BCUT2D eigenvalue weighted by molar-refractivity contribution is -0.138. The van der Waals surface area contributed by atoms with Crippen molar-refractivity contribution in [3.63, 3.8) is 0 Å². The summed E-state index contributed by atoms with van der Waals surface area (Å²) in [6.07, 6.45) is 4.25. The van der Waals surface area contributed by atoms with Crippen LogP contribution >= 0.6 is 0 Å². The van der Waals surface area contributed by atoms with Crippen LogP contribution in [0.2, 0.25) is 0 Å². The summed E-state index contributed by atoms with van der Waals surface area (Å²) < 4.78 is 24.4. The summed E-state index contributed by atoms with van der Waals surface area (Å²) in [6, 6.07) is -0.330. The molecule has 2 fully saturated rings. The summed E-state index contributed by atoms with van der Waals surface area (Å²) >= 11 is 0. The minimum atomic E-state index is -3.28. The van der Waals surface area contributed by atoms with Gasteiger partial charge in [-0.05, 0) is 31.6 Å². The van der Waals surface area contributed by atoms with Gasteiger partial charge in [0.2, 0.25) is 15.9 Å². The molecular formula is C13H22N2O5S. The topological polar surface area (TPSA) is 104 Å². The van der Waals surface area contributed by atoms with Gasteiger partial charge in [0.1, 0.15) is 0 Å². The molecule has 2 N–H and O–H groups in total. The molecule has 2 rings (SSSR count). The molecule has 120 valence electrons. The van der Waals surface area contributed by atoms with Crippen molar-refractivity contribution in [2.45, 2.75) is 38.1 Å². The van der Waals surface area contributed by atoms with Crippen LogP contribution in [0.5, 0.6) is 0 Å². The Kier molecular flexibility index (Phi) is 4.88. The zero-order valence-electron chi connectivity index (χ0n) is 12.1. The van der Waals surface area contributed by atoms with E-state index in [2.05, 4.69) is 5.32 Å². The molecule has 1 saturated carbocycles. The Morgan fingerprint density at radius 2 is 2.00 bits per heavy atom. The van der Waals surface area contributed by atoms with Crippen LogP contribution in [0.25, 0.3) is 0 Å². The maximum Gasteiger partial charge on any atom is 0.305 e. The second-order valence-corrected chi connectivity index (χ2v) is 7.99. The van der Waals surface area contributed by atoms with Crippen molar-refractivity contribution in [2.75, 3.05) is 19.3 Å². The van der Waals surface area contributed by atoms with Gasteiger partial charge in [-0.15, -0.1) is 0 Å². The number of amides is 1. The Labute approximate surface area is 124 Å². The quantitative estimate of drug-likeness (QED) is 0.719. The van der Waals surface area contributed by atoms with E-state index in [1.165, 1.54) is 4.31 Å². The highest BCUT2D eigenvalue weighted by Crippen LogP contribution is 2.34. The number of piperidine rings is 1. The molecule has 0 aromatic rings.